The minimum absolute atomic E-state index is 0.0383. The van der Waals surface area contributed by atoms with Gasteiger partial charge in [-0.25, -0.2) is 0 Å². The van der Waals surface area contributed by atoms with Crippen LogP contribution in [0.3, 0.4) is 0 Å². The number of hydrogen-bond acceptors (Lipinski definition) is 5. The summed E-state index contributed by atoms with van der Waals surface area (Å²) in [6, 6.07) is 14.1. The van der Waals surface area contributed by atoms with Gasteiger partial charge in [0, 0.05) is 31.5 Å². The van der Waals surface area contributed by atoms with Crippen LogP contribution >= 0.6 is 0 Å². The van der Waals surface area contributed by atoms with E-state index in [9.17, 15) is 19.5 Å². The van der Waals surface area contributed by atoms with Gasteiger partial charge in [-0.3, -0.25) is 29.1 Å². The molecule has 0 radical (unpaired) electrons. The molecule has 2 aromatic carbocycles. The van der Waals surface area contributed by atoms with Crippen molar-refractivity contribution in [2.75, 3.05) is 32.1 Å². The summed E-state index contributed by atoms with van der Waals surface area (Å²) in [6.45, 7) is 0.370. The Balaban J connectivity index is 1.86. The molecule has 3 aliphatic heterocycles. The van der Waals surface area contributed by atoms with Crippen LogP contribution in [0.25, 0.3) is 0 Å². The lowest BCUT2D eigenvalue weighted by molar-refractivity contribution is -0.149. The Hall–Kier alpha value is -3.63. The summed E-state index contributed by atoms with van der Waals surface area (Å²) in [7, 11) is 3.25. The Labute approximate surface area is 186 Å². The summed E-state index contributed by atoms with van der Waals surface area (Å²) in [6.07, 6.45) is 5.45. The van der Waals surface area contributed by atoms with Gasteiger partial charge in [-0.2, -0.15) is 0 Å². The standard InChI is InChI=1S/C25H23N3O4/c1-4-13-28-19-11-7-6-10-17(19)25(23(28)32)24(14-21(30)27(3)22(24)31)18(15-26(25)2)16-9-5-8-12-20(16)29/h1,5-12,18,29H,13-15H2,2-3H3/t18-,24+,25+/m1/s1. The van der Waals surface area contributed by atoms with E-state index in [0.29, 0.717) is 23.4 Å². The van der Waals surface area contributed by atoms with Crippen molar-refractivity contribution in [1.82, 2.24) is 9.80 Å². The predicted molar refractivity (Wildman–Crippen MR) is 118 cm³/mol. The largest absolute Gasteiger partial charge is 0.508 e. The molecule has 32 heavy (non-hydrogen) atoms. The average Bonchev–Trinajstić information content (AvgIpc) is 3.29. The lowest BCUT2D eigenvalue weighted by atomic mass is 9.60. The van der Waals surface area contributed by atoms with E-state index in [1.165, 1.54) is 11.9 Å². The number of nitrogens with zero attached hydrogens (tertiary/aromatic N) is 3. The molecule has 1 N–H and O–H groups in total. The molecule has 3 atom stereocenters. The number of para-hydroxylation sites is 2. The lowest BCUT2D eigenvalue weighted by Gasteiger charge is -2.43. The smallest absolute Gasteiger partial charge is 0.254 e. The molecule has 7 nitrogen and oxygen atoms in total. The first-order valence-corrected chi connectivity index (χ1v) is 10.5. The Morgan fingerprint density at radius 1 is 1.06 bits per heavy atom. The highest BCUT2D eigenvalue weighted by atomic mass is 16.3. The summed E-state index contributed by atoms with van der Waals surface area (Å²) in [5.74, 6) is 0.948. The number of hydrogen-bond donors (Lipinski definition) is 1. The van der Waals surface area contributed by atoms with Crippen LogP contribution in [0.5, 0.6) is 5.75 Å². The van der Waals surface area contributed by atoms with Crippen LogP contribution in [0.15, 0.2) is 48.5 Å². The highest BCUT2D eigenvalue weighted by molar-refractivity contribution is 6.17. The molecule has 3 aliphatic rings. The highest BCUT2D eigenvalue weighted by Gasteiger charge is 2.78. The minimum Gasteiger partial charge on any atom is -0.508 e. The zero-order valence-electron chi connectivity index (χ0n) is 17.9. The average molecular weight is 429 g/mol. The number of fused-ring (bicyclic) bond motifs is 3. The van der Waals surface area contributed by atoms with Crippen molar-refractivity contribution in [1.29, 1.82) is 0 Å². The maximum absolute atomic E-state index is 14.2. The normalized spacial score (nSPS) is 29.4. The van der Waals surface area contributed by atoms with Gasteiger partial charge < -0.3 is 5.11 Å². The second kappa shape index (κ2) is 6.68. The van der Waals surface area contributed by atoms with E-state index < -0.39 is 22.8 Å². The van der Waals surface area contributed by atoms with Crippen LogP contribution in [-0.2, 0) is 19.9 Å². The SMILES string of the molecule is C#CCN1C(=O)[C@]2(c3ccccc31)N(C)C[C@H](c1ccccc1O)[C@]21CC(=O)N(C)C1=O. The van der Waals surface area contributed by atoms with Crippen LogP contribution in [-0.4, -0.2) is 59.8 Å². The molecule has 3 heterocycles. The van der Waals surface area contributed by atoms with Gasteiger partial charge in [0.2, 0.25) is 11.8 Å². The van der Waals surface area contributed by atoms with Crippen LogP contribution in [0.1, 0.15) is 23.5 Å². The van der Waals surface area contributed by atoms with Gasteiger partial charge in [0.1, 0.15) is 11.3 Å². The number of carbonyl (C=O) groups is 3. The molecule has 0 saturated carbocycles. The Morgan fingerprint density at radius 3 is 2.41 bits per heavy atom. The van der Waals surface area contributed by atoms with Gasteiger partial charge in [-0.05, 0) is 24.7 Å². The van der Waals surface area contributed by atoms with Gasteiger partial charge in [-0.1, -0.05) is 42.3 Å². The third kappa shape index (κ3) is 2.13. The Kier molecular flexibility index (Phi) is 4.24. The van der Waals surface area contributed by atoms with E-state index >= 15 is 0 Å². The van der Waals surface area contributed by atoms with E-state index in [0.717, 1.165) is 4.90 Å². The number of benzene rings is 2. The van der Waals surface area contributed by atoms with Gasteiger partial charge in [0.15, 0.2) is 0 Å². The number of terminal acetylenes is 1. The van der Waals surface area contributed by atoms with E-state index in [-0.39, 0.29) is 30.5 Å². The summed E-state index contributed by atoms with van der Waals surface area (Å²) < 4.78 is 0. The van der Waals surface area contributed by atoms with Crippen molar-refractivity contribution in [2.45, 2.75) is 17.9 Å². The Bertz CT molecular complexity index is 1220. The van der Waals surface area contributed by atoms with Crippen molar-refractivity contribution >= 4 is 23.4 Å². The molecule has 2 fully saturated rings. The maximum atomic E-state index is 14.2. The first-order chi connectivity index (χ1) is 15.3. The van der Waals surface area contributed by atoms with Gasteiger partial charge in [0.25, 0.3) is 5.91 Å². The Morgan fingerprint density at radius 2 is 1.75 bits per heavy atom. The van der Waals surface area contributed by atoms with Crippen molar-refractivity contribution in [3.63, 3.8) is 0 Å². The van der Waals surface area contributed by atoms with Crippen LogP contribution < -0.4 is 4.90 Å². The molecule has 3 amide bonds. The van der Waals surface area contributed by atoms with E-state index in [2.05, 4.69) is 5.92 Å². The summed E-state index contributed by atoms with van der Waals surface area (Å²) in [5.41, 5.74) is -0.965. The molecular weight excluding hydrogens is 406 g/mol. The van der Waals surface area contributed by atoms with E-state index in [1.54, 1.807) is 31.3 Å². The zero-order valence-corrected chi connectivity index (χ0v) is 17.9. The fraction of sp³-hybridized carbons (Fsp3) is 0.320. The topological polar surface area (TPSA) is 81.2 Å². The minimum atomic E-state index is -1.41. The maximum Gasteiger partial charge on any atom is 0.254 e. The zero-order chi connectivity index (χ0) is 22.8. The number of imide groups is 1. The molecule has 0 aliphatic carbocycles. The van der Waals surface area contributed by atoms with Gasteiger partial charge in [-0.15, -0.1) is 6.42 Å². The fourth-order valence-electron chi connectivity index (χ4n) is 6.19. The molecule has 2 saturated heterocycles. The monoisotopic (exact) mass is 429 g/mol. The van der Waals surface area contributed by atoms with Crippen molar-refractivity contribution in [2.24, 2.45) is 5.41 Å². The van der Waals surface area contributed by atoms with Crippen molar-refractivity contribution in [3.8, 4) is 18.1 Å². The van der Waals surface area contributed by atoms with Crippen LogP contribution in [0.4, 0.5) is 5.69 Å². The van der Waals surface area contributed by atoms with Gasteiger partial charge >= 0.3 is 0 Å². The molecule has 5 rings (SSSR count). The second-order valence-electron chi connectivity index (χ2n) is 8.72. The van der Waals surface area contributed by atoms with E-state index in [4.69, 9.17) is 6.42 Å². The molecule has 0 unspecified atom stereocenters. The molecule has 2 spiro atoms. The molecule has 7 heteroatoms. The fourth-order valence-corrected chi connectivity index (χ4v) is 6.19. The number of aromatic hydroxyl groups is 1. The van der Waals surface area contributed by atoms with Gasteiger partial charge in [0.05, 0.1) is 17.6 Å². The van der Waals surface area contributed by atoms with Crippen LogP contribution in [0, 0.1) is 17.8 Å². The third-order valence-corrected chi connectivity index (χ3v) is 7.46. The lowest BCUT2D eigenvalue weighted by Crippen LogP contribution is -2.59. The number of anilines is 1. The first kappa shape index (κ1) is 20.3. The quantitative estimate of drug-likeness (QED) is 0.580. The number of carbonyl (C=O) groups excluding carboxylic acids is 3. The summed E-state index contributed by atoms with van der Waals surface area (Å²) in [4.78, 5) is 45.6. The number of phenols is 1. The summed E-state index contributed by atoms with van der Waals surface area (Å²) >= 11 is 0. The molecule has 162 valence electrons. The molecule has 0 bridgehead atoms. The van der Waals surface area contributed by atoms with Crippen molar-refractivity contribution < 1.29 is 19.5 Å². The van der Waals surface area contributed by atoms with Crippen molar-refractivity contribution in [3.05, 3.63) is 59.7 Å². The van der Waals surface area contributed by atoms with Crippen LogP contribution in [0.2, 0.25) is 0 Å². The number of likely N-dealkylation sites (N-methyl/N-ethyl adjacent to an activating group) is 1. The number of phenolic OH excluding ortho intramolecular Hbond substituents is 1. The number of rotatable bonds is 2. The molecular formula is C25H23N3O4. The highest BCUT2D eigenvalue weighted by Crippen LogP contribution is 2.67. The second-order valence-corrected chi connectivity index (χ2v) is 8.72. The number of likely N-dealkylation sites (tertiary alicyclic amines) is 2. The first-order valence-electron chi connectivity index (χ1n) is 10.5. The third-order valence-electron chi connectivity index (χ3n) is 7.46. The summed E-state index contributed by atoms with van der Waals surface area (Å²) in [5, 5.41) is 10.7. The predicted octanol–water partition coefficient (Wildman–Crippen LogP) is 1.67. The van der Waals surface area contributed by atoms with E-state index in [1.807, 2.05) is 29.2 Å². The molecule has 2 aromatic rings. The molecule has 0 aromatic heterocycles. The number of amides is 3.